The zero-order valence-corrected chi connectivity index (χ0v) is 11.6. The fourth-order valence-corrected chi connectivity index (χ4v) is 2.44. The van der Waals surface area contributed by atoms with Crippen LogP contribution in [0, 0.1) is 0 Å². The first-order chi connectivity index (χ1) is 9.06. The van der Waals surface area contributed by atoms with Crippen LogP contribution in [-0.2, 0) is 11.3 Å². The first-order valence-electron chi connectivity index (χ1n) is 6.47. The predicted octanol–water partition coefficient (Wildman–Crippen LogP) is 2.51. The Kier molecular flexibility index (Phi) is 3.90. The second kappa shape index (κ2) is 5.45. The Morgan fingerprint density at radius 1 is 1.42 bits per heavy atom. The minimum absolute atomic E-state index is 0.389. The first kappa shape index (κ1) is 13.6. The van der Waals surface area contributed by atoms with Crippen molar-refractivity contribution in [3.05, 3.63) is 35.5 Å². The normalized spacial score (nSPS) is 11.4. The van der Waals surface area contributed by atoms with Gasteiger partial charge in [-0.15, -0.1) is 0 Å². The topological polar surface area (TPSA) is 57.2 Å². The Morgan fingerprint density at radius 3 is 2.74 bits per heavy atom. The van der Waals surface area contributed by atoms with Crippen molar-refractivity contribution in [2.24, 2.45) is 5.73 Å². The maximum absolute atomic E-state index is 11.6. The molecule has 0 saturated heterocycles. The standard InChI is InChI=1S/C15H20N2O2/c1-10(2)12-6-4-5-11-9-13(15(16)18)17(14(11)12)7-8-19-3/h4-6,9-10H,7-8H2,1-3H3,(H2,16,18). The number of nitrogens with zero attached hydrogens (tertiary/aromatic N) is 1. The summed E-state index contributed by atoms with van der Waals surface area (Å²) in [4.78, 5) is 11.6. The number of hydrogen-bond acceptors (Lipinski definition) is 2. The Labute approximate surface area is 113 Å². The van der Waals surface area contributed by atoms with Gasteiger partial charge in [0, 0.05) is 19.0 Å². The van der Waals surface area contributed by atoms with Gasteiger partial charge in [0.1, 0.15) is 5.69 Å². The SMILES string of the molecule is COCCn1c(C(N)=O)cc2cccc(C(C)C)c21. The fourth-order valence-electron chi connectivity index (χ4n) is 2.44. The van der Waals surface area contributed by atoms with Gasteiger partial charge >= 0.3 is 0 Å². The van der Waals surface area contributed by atoms with Crippen molar-refractivity contribution < 1.29 is 9.53 Å². The van der Waals surface area contributed by atoms with Crippen LogP contribution in [0.25, 0.3) is 10.9 Å². The molecule has 4 heteroatoms. The molecule has 0 radical (unpaired) electrons. The molecule has 2 rings (SSSR count). The lowest BCUT2D eigenvalue weighted by Gasteiger charge is -2.13. The molecule has 102 valence electrons. The minimum atomic E-state index is -0.401. The largest absolute Gasteiger partial charge is 0.383 e. The number of primary amides is 1. The van der Waals surface area contributed by atoms with Crippen molar-refractivity contribution in [3.8, 4) is 0 Å². The van der Waals surface area contributed by atoms with Gasteiger partial charge in [-0.1, -0.05) is 32.0 Å². The fraction of sp³-hybridized carbons (Fsp3) is 0.400. The average Bonchev–Trinajstić information content (AvgIpc) is 2.74. The molecule has 0 aliphatic carbocycles. The van der Waals surface area contributed by atoms with E-state index in [2.05, 4.69) is 19.9 Å². The number of aromatic nitrogens is 1. The number of fused-ring (bicyclic) bond motifs is 1. The Bertz CT molecular complexity index is 599. The molecule has 1 aromatic heterocycles. The third-order valence-electron chi connectivity index (χ3n) is 3.34. The van der Waals surface area contributed by atoms with E-state index in [0.29, 0.717) is 24.8 Å². The number of nitrogens with two attached hydrogens (primary N) is 1. The summed E-state index contributed by atoms with van der Waals surface area (Å²) in [6, 6.07) is 7.99. The maximum atomic E-state index is 11.6. The molecule has 2 N–H and O–H groups in total. The zero-order chi connectivity index (χ0) is 14.0. The van der Waals surface area contributed by atoms with Crippen LogP contribution in [0.5, 0.6) is 0 Å². The molecule has 0 fully saturated rings. The van der Waals surface area contributed by atoms with Gasteiger partial charge in [0.25, 0.3) is 5.91 Å². The number of carbonyl (C=O) groups excluding carboxylic acids is 1. The number of hydrogen-bond donors (Lipinski definition) is 1. The highest BCUT2D eigenvalue weighted by molar-refractivity contribution is 5.98. The van der Waals surface area contributed by atoms with Gasteiger partial charge in [0.05, 0.1) is 12.1 Å². The zero-order valence-electron chi connectivity index (χ0n) is 11.6. The average molecular weight is 260 g/mol. The summed E-state index contributed by atoms with van der Waals surface area (Å²) in [5.41, 5.74) is 8.33. The molecule has 1 aromatic carbocycles. The van der Waals surface area contributed by atoms with Crippen LogP contribution in [0.1, 0.15) is 35.8 Å². The molecule has 0 unspecified atom stereocenters. The molecule has 0 aliphatic rings. The third kappa shape index (κ3) is 2.49. The van der Waals surface area contributed by atoms with E-state index in [1.54, 1.807) is 7.11 Å². The van der Waals surface area contributed by atoms with Crippen LogP contribution in [0.3, 0.4) is 0 Å². The molecule has 1 amide bonds. The number of benzene rings is 1. The number of methoxy groups -OCH3 is 1. The monoisotopic (exact) mass is 260 g/mol. The van der Waals surface area contributed by atoms with E-state index in [4.69, 9.17) is 10.5 Å². The van der Waals surface area contributed by atoms with Crippen molar-refractivity contribution in [1.82, 2.24) is 4.57 Å². The van der Waals surface area contributed by atoms with Gasteiger partial charge in [-0.25, -0.2) is 0 Å². The van der Waals surface area contributed by atoms with Crippen LogP contribution in [-0.4, -0.2) is 24.2 Å². The van der Waals surface area contributed by atoms with Crippen molar-refractivity contribution in [3.63, 3.8) is 0 Å². The van der Waals surface area contributed by atoms with Crippen molar-refractivity contribution in [2.45, 2.75) is 26.3 Å². The predicted molar refractivity (Wildman–Crippen MR) is 76.4 cm³/mol. The van der Waals surface area contributed by atoms with E-state index in [1.807, 2.05) is 22.8 Å². The Hall–Kier alpha value is -1.81. The van der Waals surface area contributed by atoms with Crippen molar-refractivity contribution in [1.29, 1.82) is 0 Å². The lowest BCUT2D eigenvalue weighted by molar-refractivity contribution is 0.0989. The summed E-state index contributed by atoms with van der Waals surface area (Å²) in [5.74, 6) is -0.0115. The molecule has 0 saturated carbocycles. The van der Waals surface area contributed by atoms with Crippen LogP contribution in [0.2, 0.25) is 0 Å². The molecule has 4 nitrogen and oxygen atoms in total. The van der Waals surface area contributed by atoms with Crippen molar-refractivity contribution >= 4 is 16.8 Å². The quantitative estimate of drug-likeness (QED) is 0.898. The van der Waals surface area contributed by atoms with E-state index < -0.39 is 5.91 Å². The number of amides is 1. The molecule has 0 aliphatic heterocycles. The van der Waals surface area contributed by atoms with Crippen LogP contribution >= 0.6 is 0 Å². The lowest BCUT2D eigenvalue weighted by atomic mass is 10.0. The van der Waals surface area contributed by atoms with E-state index in [9.17, 15) is 4.79 Å². The minimum Gasteiger partial charge on any atom is -0.383 e. The number of ether oxygens (including phenoxy) is 1. The summed E-state index contributed by atoms with van der Waals surface area (Å²) in [6.45, 7) is 5.47. The molecule has 0 bridgehead atoms. The van der Waals surface area contributed by atoms with Gasteiger partial charge in [0.2, 0.25) is 0 Å². The molecule has 19 heavy (non-hydrogen) atoms. The molecular formula is C15H20N2O2. The van der Waals surface area contributed by atoms with Crippen molar-refractivity contribution in [2.75, 3.05) is 13.7 Å². The first-order valence-corrected chi connectivity index (χ1v) is 6.47. The summed E-state index contributed by atoms with van der Waals surface area (Å²) in [6.07, 6.45) is 0. The number of rotatable bonds is 5. The highest BCUT2D eigenvalue weighted by Gasteiger charge is 2.16. The van der Waals surface area contributed by atoms with E-state index in [-0.39, 0.29) is 0 Å². The Balaban J connectivity index is 2.69. The number of carbonyl (C=O) groups is 1. The van der Waals surface area contributed by atoms with Gasteiger partial charge in [-0.3, -0.25) is 4.79 Å². The second-order valence-electron chi connectivity index (χ2n) is 4.98. The molecular weight excluding hydrogens is 240 g/mol. The Morgan fingerprint density at radius 2 is 2.16 bits per heavy atom. The van der Waals surface area contributed by atoms with Gasteiger partial charge < -0.3 is 15.0 Å². The lowest BCUT2D eigenvalue weighted by Crippen LogP contribution is -2.18. The highest BCUT2D eigenvalue weighted by Crippen LogP contribution is 2.28. The van der Waals surface area contributed by atoms with E-state index in [0.717, 1.165) is 10.9 Å². The maximum Gasteiger partial charge on any atom is 0.265 e. The smallest absolute Gasteiger partial charge is 0.265 e. The third-order valence-corrected chi connectivity index (χ3v) is 3.34. The van der Waals surface area contributed by atoms with E-state index >= 15 is 0 Å². The van der Waals surface area contributed by atoms with Gasteiger partial charge in [-0.05, 0) is 17.5 Å². The van der Waals surface area contributed by atoms with Crippen LogP contribution in [0.4, 0.5) is 0 Å². The molecule has 1 heterocycles. The van der Waals surface area contributed by atoms with Crippen LogP contribution in [0.15, 0.2) is 24.3 Å². The van der Waals surface area contributed by atoms with Gasteiger partial charge in [-0.2, -0.15) is 0 Å². The summed E-state index contributed by atoms with van der Waals surface area (Å²) in [5, 5.41) is 1.05. The number of para-hydroxylation sites is 1. The summed E-state index contributed by atoms with van der Waals surface area (Å²) in [7, 11) is 1.65. The molecule has 2 aromatic rings. The highest BCUT2D eigenvalue weighted by atomic mass is 16.5. The summed E-state index contributed by atoms with van der Waals surface area (Å²) < 4.78 is 7.09. The molecule has 0 spiro atoms. The van der Waals surface area contributed by atoms with Gasteiger partial charge in [0.15, 0.2) is 0 Å². The van der Waals surface area contributed by atoms with E-state index in [1.165, 1.54) is 5.56 Å². The second-order valence-corrected chi connectivity index (χ2v) is 4.98. The van der Waals surface area contributed by atoms with Crippen LogP contribution < -0.4 is 5.73 Å². The molecule has 0 atom stereocenters. The summed E-state index contributed by atoms with van der Waals surface area (Å²) >= 11 is 0.